The summed E-state index contributed by atoms with van der Waals surface area (Å²) in [5.41, 5.74) is 1.73. The Morgan fingerprint density at radius 1 is 1.42 bits per heavy atom. The minimum absolute atomic E-state index is 0.403. The fourth-order valence-electron chi connectivity index (χ4n) is 1.72. The molecule has 2 aromatic rings. The molecule has 1 aromatic carbocycles. The summed E-state index contributed by atoms with van der Waals surface area (Å²) in [6.07, 6.45) is -0.617. The second-order valence-electron chi connectivity index (χ2n) is 4.40. The lowest BCUT2D eigenvalue weighted by Gasteiger charge is -2.13. The van der Waals surface area contributed by atoms with Gasteiger partial charge in [-0.3, -0.25) is 0 Å². The predicted molar refractivity (Wildman–Crippen MR) is 78.0 cm³/mol. The van der Waals surface area contributed by atoms with Crippen molar-refractivity contribution in [1.29, 1.82) is 0 Å². The van der Waals surface area contributed by atoms with Crippen molar-refractivity contribution in [2.75, 3.05) is 0 Å². The van der Waals surface area contributed by atoms with Crippen molar-refractivity contribution in [3.63, 3.8) is 0 Å². The minimum Gasteiger partial charge on any atom is -0.486 e. The summed E-state index contributed by atoms with van der Waals surface area (Å²) < 4.78 is 5.74. The van der Waals surface area contributed by atoms with E-state index >= 15 is 0 Å². The molecule has 0 unspecified atom stereocenters. The Bertz CT molecular complexity index is 561. The molecule has 0 amide bonds. The van der Waals surface area contributed by atoms with Gasteiger partial charge in [-0.25, -0.2) is 4.98 Å². The number of ether oxygens (including phenoxy) is 1. The van der Waals surface area contributed by atoms with Gasteiger partial charge in [-0.2, -0.15) is 0 Å². The SMILES string of the molecule is Cc1nc(COc2ccc(Cl)cc2[C@@H](C)O)sc1C. The predicted octanol–water partition coefficient (Wildman–Crippen LogP) is 4.05. The minimum atomic E-state index is -0.617. The monoisotopic (exact) mass is 297 g/mol. The fourth-order valence-corrected chi connectivity index (χ4v) is 2.75. The van der Waals surface area contributed by atoms with Crippen LogP contribution in [0.3, 0.4) is 0 Å². The molecular weight excluding hydrogens is 282 g/mol. The summed E-state index contributed by atoms with van der Waals surface area (Å²) in [6.45, 7) is 6.12. The normalized spacial score (nSPS) is 12.5. The number of halogens is 1. The van der Waals surface area contributed by atoms with Crippen LogP contribution in [0.25, 0.3) is 0 Å². The molecule has 0 fully saturated rings. The van der Waals surface area contributed by atoms with Gasteiger partial charge < -0.3 is 9.84 Å². The highest BCUT2D eigenvalue weighted by atomic mass is 35.5. The molecule has 0 aliphatic carbocycles. The Balaban J connectivity index is 2.15. The lowest BCUT2D eigenvalue weighted by Crippen LogP contribution is -2.00. The van der Waals surface area contributed by atoms with Gasteiger partial charge >= 0.3 is 0 Å². The van der Waals surface area contributed by atoms with Gasteiger partial charge in [0.25, 0.3) is 0 Å². The lowest BCUT2D eigenvalue weighted by atomic mass is 10.1. The van der Waals surface area contributed by atoms with Crippen molar-refractivity contribution in [2.45, 2.75) is 33.5 Å². The number of aliphatic hydroxyl groups excluding tert-OH is 1. The summed E-state index contributed by atoms with van der Waals surface area (Å²) in [5.74, 6) is 0.643. The summed E-state index contributed by atoms with van der Waals surface area (Å²) in [5, 5.41) is 11.2. The third-order valence-corrected chi connectivity index (χ3v) is 4.13. The molecule has 0 aliphatic rings. The largest absolute Gasteiger partial charge is 0.486 e. The van der Waals surface area contributed by atoms with Crippen LogP contribution in [-0.4, -0.2) is 10.1 Å². The van der Waals surface area contributed by atoms with Crippen LogP contribution >= 0.6 is 22.9 Å². The third kappa shape index (κ3) is 3.47. The Morgan fingerprint density at radius 2 is 2.16 bits per heavy atom. The van der Waals surface area contributed by atoms with Gasteiger partial charge in [0.2, 0.25) is 0 Å². The van der Waals surface area contributed by atoms with Crippen molar-refractivity contribution >= 4 is 22.9 Å². The second-order valence-corrected chi connectivity index (χ2v) is 6.12. The smallest absolute Gasteiger partial charge is 0.140 e. The quantitative estimate of drug-likeness (QED) is 0.926. The number of rotatable bonds is 4. The van der Waals surface area contributed by atoms with Crippen LogP contribution in [0.1, 0.15) is 34.2 Å². The highest BCUT2D eigenvalue weighted by Gasteiger charge is 2.11. The van der Waals surface area contributed by atoms with Gasteiger partial charge in [0.05, 0.1) is 11.8 Å². The van der Waals surface area contributed by atoms with E-state index in [0.29, 0.717) is 22.9 Å². The van der Waals surface area contributed by atoms with E-state index < -0.39 is 6.10 Å². The zero-order chi connectivity index (χ0) is 14.0. The molecule has 0 radical (unpaired) electrons. The van der Waals surface area contributed by atoms with E-state index in [0.717, 1.165) is 10.7 Å². The van der Waals surface area contributed by atoms with E-state index in [1.54, 1.807) is 36.5 Å². The third-order valence-electron chi connectivity index (χ3n) is 2.85. The van der Waals surface area contributed by atoms with Gasteiger partial charge in [-0.1, -0.05) is 11.6 Å². The van der Waals surface area contributed by atoms with Gasteiger partial charge in [0.1, 0.15) is 17.4 Å². The topological polar surface area (TPSA) is 42.4 Å². The average molecular weight is 298 g/mol. The molecule has 19 heavy (non-hydrogen) atoms. The first kappa shape index (κ1) is 14.3. The molecule has 1 atom stereocenters. The van der Waals surface area contributed by atoms with E-state index in [9.17, 15) is 5.11 Å². The van der Waals surface area contributed by atoms with Crippen LogP contribution < -0.4 is 4.74 Å². The number of aromatic nitrogens is 1. The van der Waals surface area contributed by atoms with Crippen LogP contribution in [0.15, 0.2) is 18.2 Å². The number of aryl methyl sites for hydroxylation is 2. The first-order chi connectivity index (χ1) is 8.97. The van der Waals surface area contributed by atoms with Crippen molar-refractivity contribution in [3.05, 3.63) is 44.4 Å². The Hall–Kier alpha value is -1.10. The molecule has 1 heterocycles. The van der Waals surface area contributed by atoms with E-state index in [4.69, 9.17) is 16.3 Å². The number of thiazole rings is 1. The number of hydrogen-bond acceptors (Lipinski definition) is 4. The van der Waals surface area contributed by atoms with Gasteiger partial charge in [0.15, 0.2) is 0 Å². The van der Waals surface area contributed by atoms with Crippen LogP contribution in [0.2, 0.25) is 5.02 Å². The molecule has 0 saturated carbocycles. The number of nitrogens with zero attached hydrogens (tertiary/aromatic N) is 1. The number of hydrogen-bond donors (Lipinski definition) is 1. The van der Waals surface area contributed by atoms with Crippen LogP contribution in [0, 0.1) is 13.8 Å². The zero-order valence-electron chi connectivity index (χ0n) is 11.1. The summed E-state index contributed by atoms with van der Waals surface area (Å²) in [7, 11) is 0. The first-order valence-electron chi connectivity index (χ1n) is 6.00. The van der Waals surface area contributed by atoms with Gasteiger partial charge in [-0.15, -0.1) is 11.3 Å². The molecule has 2 rings (SSSR count). The van der Waals surface area contributed by atoms with Crippen LogP contribution in [0.4, 0.5) is 0 Å². The van der Waals surface area contributed by atoms with E-state index in [-0.39, 0.29) is 0 Å². The molecule has 0 spiro atoms. The highest BCUT2D eigenvalue weighted by Crippen LogP contribution is 2.29. The highest BCUT2D eigenvalue weighted by molar-refractivity contribution is 7.11. The Labute approximate surface area is 121 Å². The molecule has 0 saturated heterocycles. The maximum atomic E-state index is 9.72. The number of aliphatic hydroxyl groups is 1. The Morgan fingerprint density at radius 3 is 2.74 bits per heavy atom. The molecule has 3 nitrogen and oxygen atoms in total. The molecule has 0 bridgehead atoms. The molecular formula is C14H16ClNO2S. The van der Waals surface area contributed by atoms with Crippen LogP contribution in [-0.2, 0) is 6.61 Å². The molecule has 5 heteroatoms. The van der Waals surface area contributed by atoms with Crippen LogP contribution in [0.5, 0.6) is 5.75 Å². The van der Waals surface area contributed by atoms with Crippen molar-refractivity contribution < 1.29 is 9.84 Å². The zero-order valence-corrected chi connectivity index (χ0v) is 12.7. The van der Waals surface area contributed by atoms with E-state index in [1.807, 2.05) is 13.8 Å². The molecule has 102 valence electrons. The maximum Gasteiger partial charge on any atom is 0.140 e. The summed E-state index contributed by atoms with van der Waals surface area (Å²) >= 11 is 7.55. The number of benzene rings is 1. The fraction of sp³-hybridized carbons (Fsp3) is 0.357. The van der Waals surface area contributed by atoms with Crippen molar-refractivity contribution in [2.24, 2.45) is 0 Å². The molecule has 0 aliphatic heterocycles. The summed E-state index contributed by atoms with van der Waals surface area (Å²) in [6, 6.07) is 5.25. The summed E-state index contributed by atoms with van der Waals surface area (Å²) in [4.78, 5) is 5.62. The maximum absolute atomic E-state index is 9.72. The lowest BCUT2D eigenvalue weighted by molar-refractivity contribution is 0.190. The molecule has 1 aromatic heterocycles. The average Bonchev–Trinajstić information content (AvgIpc) is 2.67. The van der Waals surface area contributed by atoms with Crippen molar-refractivity contribution in [3.8, 4) is 5.75 Å². The van der Waals surface area contributed by atoms with Crippen molar-refractivity contribution in [1.82, 2.24) is 4.98 Å². The standard InChI is InChI=1S/C14H16ClNO2S/c1-8-10(3)19-14(16-8)7-18-13-5-4-11(15)6-12(13)9(2)17/h4-6,9,17H,7H2,1-3H3/t9-/m1/s1. The van der Waals surface area contributed by atoms with E-state index in [2.05, 4.69) is 4.98 Å². The van der Waals surface area contributed by atoms with Gasteiger partial charge in [-0.05, 0) is 39.0 Å². The van der Waals surface area contributed by atoms with Gasteiger partial charge in [0, 0.05) is 15.5 Å². The second kappa shape index (κ2) is 5.90. The first-order valence-corrected chi connectivity index (χ1v) is 7.20. The molecule has 1 N–H and O–H groups in total. The van der Waals surface area contributed by atoms with E-state index in [1.165, 1.54) is 4.88 Å². The Kier molecular flexibility index (Phi) is 4.45.